The maximum atomic E-state index is 14.7. The summed E-state index contributed by atoms with van der Waals surface area (Å²) in [7, 11) is -4.04. The van der Waals surface area contributed by atoms with Gasteiger partial charge in [-0.05, 0) is 68.9 Å². The van der Waals surface area contributed by atoms with Crippen LogP contribution < -0.4 is 20.1 Å². The smallest absolute Gasteiger partial charge is 0.471 e. The van der Waals surface area contributed by atoms with E-state index in [1.807, 2.05) is 0 Å². The summed E-state index contributed by atoms with van der Waals surface area (Å²) in [6.45, 7) is -0.427. The maximum absolute atomic E-state index is 14.7. The average Bonchev–Trinajstić information content (AvgIpc) is 4.05. The number of fused-ring (bicyclic) bond motifs is 6. The molecule has 8 rings (SSSR count). The SMILES string of the molecule is O=C1N[C@]2(C(=O)NS(=O)(=O)C3CC3)C[C@@H]2/C=C\CCCCC[C@H](NC(=O)C(F)(F)F)C(=O)N2C[C@H](Oc3c4cc(F)ccc4nc4c3oc3cc(F)ccc34)C[C@@H]12. The van der Waals surface area contributed by atoms with Crippen LogP contribution in [0, 0.1) is 17.6 Å². The van der Waals surface area contributed by atoms with Gasteiger partial charge in [-0.25, -0.2) is 22.2 Å². The number of amides is 4. The molecule has 0 spiro atoms. The van der Waals surface area contributed by atoms with Crippen LogP contribution in [0.5, 0.6) is 5.75 Å². The molecule has 5 atom stereocenters. The van der Waals surface area contributed by atoms with E-state index in [1.165, 1.54) is 24.3 Å². The second-order valence-corrected chi connectivity index (χ2v) is 17.0. The molecule has 4 aromatic rings. The highest BCUT2D eigenvalue weighted by atomic mass is 32.2. The number of nitrogens with one attached hydrogen (secondary N) is 3. The number of carbonyl (C=O) groups is 4. The van der Waals surface area contributed by atoms with E-state index < -0.39 is 92.9 Å². The summed E-state index contributed by atoms with van der Waals surface area (Å²) < 4.78 is 110. The summed E-state index contributed by atoms with van der Waals surface area (Å²) in [5.74, 6) is -7.22. The van der Waals surface area contributed by atoms with Gasteiger partial charge in [0.2, 0.25) is 21.8 Å². The summed E-state index contributed by atoms with van der Waals surface area (Å²) in [4.78, 5) is 60.0. The van der Waals surface area contributed by atoms with Crippen LogP contribution in [0.3, 0.4) is 0 Å². The molecule has 2 aliphatic heterocycles. The lowest BCUT2D eigenvalue weighted by atomic mass is 10.0. The first kappa shape index (κ1) is 38.5. The van der Waals surface area contributed by atoms with Crippen molar-refractivity contribution in [2.24, 2.45) is 5.92 Å². The van der Waals surface area contributed by atoms with E-state index in [2.05, 4.69) is 15.0 Å². The van der Waals surface area contributed by atoms with Gasteiger partial charge in [0.25, 0.3) is 5.91 Å². The molecular formula is C38H36F5N5O8S. The number of alkyl halides is 3. The molecule has 0 unspecified atom stereocenters. The summed E-state index contributed by atoms with van der Waals surface area (Å²) in [5, 5.41) is 4.23. The lowest BCUT2D eigenvalue weighted by molar-refractivity contribution is -0.175. The number of hydrogen-bond acceptors (Lipinski definition) is 9. The molecule has 2 aromatic carbocycles. The molecule has 19 heteroatoms. The van der Waals surface area contributed by atoms with Crippen molar-refractivity contribution in [1.82, 2.24) is 25.2 Å². The third kappa shape index (κ3) is 7.48. The fourth-order valence-electron chi connectivity index (χ4n) is 7.72. The van der Waals surface area contributed by atoms with Gasteiger partial charge in [-0.1, -0.05) is 25.0 Å². The van der Waals surface area contributed by atoms with Crippen molar-refractivity contribution >= 4 is 66.6 Å². The number of sulfonamides is 1. The van der Waals surface area contributed by atoms with E-state index in [9.17, 15) is 49.5 Å². The Morgan fingerprint density at radius 3 is 2.51 bits per heavy atom. The van der Waals surface area contributed by atoms with Gasteiger partial charge in [-0.3, -0.25) is 23.9 Å². The number of furan rings is 1. The van der Waals surface area contributed by atoms with E-state index in [1.54, 1.807) is 17.5 Å². The van der Waals surface area contributed by atoms with Crippen molar-refractivity contribution in [3.05, 3.63) is 60.2 Å². The van der Waals surface area contributed by atoms with Gasteiger partial charge in [-0.2, -0.15) is 13.2 Å². The first-order valence-electron chi connectivity index (χ1n) is 18.5. The van der Waals surface area contributed by atoms with Crippen molar-refractivity contribution in [3.63, 3.8) is 0 Å². The molecule has 13 nitrogen and oxygen atoms in total. The summed E-state index contributed by atoms with van der Waals surface area (Å²) >= 11 is 0. The lowest BCUT2D eigenvalue weighted by Gasteiger charge is -2.30. The molecule has 0 radical (unpaired) electrons. The molecule has 1 saturated heterocycles. The molecule has 302 valence electrons. The van der Waals surface area contributed by atoms with E-state index in [-0.39, 0.29) is 59.0 Å². The zero-order chi connectivity index (χ0) is 40.4. The molecule has 3 N–H and O–H groups in total. The molecular weight excluding hydrogens is 782 g/mol. The number of benzene rings is 2. The topological polar surface area (TPSA) is 177 Å². The molecule has 0 bridgehead atoms. The standard InChI is InChI=1S/C38H36F5N5O8S/c39-20-9-13-26-25(14-20)31(32-30(44-26)24-12-8-21(40)15-29(24)56-32)55-22-16-28-33(49)46-37(35(51)47-57(53,54)23-10-11-23)17-19(37)6-4-2-1-3-5-7-27(34(50)48(28)18-22)45-36(52)38(41,42)43/h4,6,8-9,12-15,19,22-23,27-28H,1-3,5,7,10-11,16-18H2,(H,45,52)(H,46,49)(H,47,51)/b6-4-/t19-,22+,27-,28-,37+/m0/s1. The number of pyridine rings is 1. The van der Waals surface area contributed by atoms with Crippen LogP contribution in [0.1, 0.15) is 57.8 Å². The highest BCUT2D eigenvalue weighted by molar-refractivity contribution is 7.91. The van der Waals surface area contributed by atoms with Crippen LogP contribution in [0.15, 0.2) is 53.0 Å². The first-order valence-corrected chi connectivity index (χ1v) is 20.1. The third-order valence-corrected chi connectivity index (χ3v) is 12.8. The minimum atomic E-state index is -5.32. The number of ether oxygens (including phenoxy) is 1. The van der Waals surface area contributed by atoms with Crippen LogP contribution in [0.25, 0.3) is 33.0 Å². The van der Waals surface area contributed by atoms with Gasteiger partial charge in [0, 0.05) is 29.2 Å². The van der Waals surface area contributed by atoms with Crippen LogP contribution in [0.4, 0.5) is 22.0 Å². The quantitative estimate of drug-likeness (QED) is 0.182. The summed E-state index contributed by atoms with van der Waals surface area (Å²) in [6, 6.07) is 4.22. The second-order valence-electron chi connectivity index (χ2n) is 15.0. The number of aromatic nitrogens is 1. The zero-order valence-electron chi connectivity index (χ0n) is 30.0. The van der Waals surface area contributed by atoms with E-state index in [0.29, 0.717) is 37.5 Å². The number of rotatable bonds is 6. The van der Waals surface area contributed by atoms with Gasteiger partial charge < -0.3 is 24.7 Å². The summed E-state index contributed by atoms with van der Waals surface area (Å²) in [6.07, 6.45) is -0.973. The van der Waals surface area contributed by atoms with Gasteiger partial charge in [0.05, 0.1) is 17.3 Å². The number of halogens is 5. The highest BCUT2D eigenvalue weighted by Crippen LogP contribution is 2.46. The molecule has 4 aliphatic rings. The Morgan fingerprint density at radius 1 is 1.00 bits per heavy atom. The summed E-state index contributed by atoms with van der Waals surface area (Å²) in [5.41, 5.74) is -1.15. The number of carbonyl (C=O) groups excluding carboxylic acids is 4. The van der Waals surface area contributed by atoms with Crippen LogP contribution in [0.2, 0.25) is 0 Å². The fourth-order valence-corrected chi connectivity index (χ4v) is 9.09. The fraction of sp³-hybridized carbons (Fsp3) is 0.447. The minimum Gasteiger partial charge on any atom is -0.484 e. The largest absolute Gasteiger partial charge is 0.484 e. The van der Waals surface area contributed by atoms with Crippen molar-refractivity contribution in [2.75, 3.05) is 6.54 Å². The Balaban J connectivity index is 1.17. The number of allylic oxidation sites excluding steroid dienone is 1. The van der Waals surface area contributed by atoms with Crippen LogP contribution in [-0.4, -0.2) is 83.6 Å². The predicted molar refractivity (Wildman–Crippen MR) is 193 cm³/mol. The van der Waals surface area contributed by atoms with Gasteiger partial charge in [0.1, 0.15) is 46.5 Å². The number of nitrogens with zero attached hydrogens (tertiary/aromatic N) is 2. The van der Waals surface area contributed by atoms with Gasteiger partial charge in [-0.15, -0.1) is 0 Å². The Labute approximate surface area is 321 Å². The van der Waals surface area contributed by atoms with Crippen LogP contribution >= 0.6 is 0 Å². The van der Waals surface area contributed by atoms with Crippen molar-refractivity contribution < 1.29 is 58.7 Å². The minimum absolute atomic E-state index is 0.00985. The predicted octanol–water partition coefficient (Wildman–Crippen LogP) is 4.81. The van der Waals surface area contributed by atoms with E-state index >= 15 is 0 Å². The van der Waals surface area contributed by atoms with Crippen molar-refractivity contribution in [3.8, 4) is 5.75 Å². The Bertz CT molecular complexity index is 2470. The van der Waals surface area contributed by atoms with Gasteiger partial charge >= 0.3 is 12.1 Å². The second kappa shape index (κ2) is 14.2. The first-order chi connectivity index (χ1) is 27.0. The Kier molecular flexibility index (Phi) is 9.63. The van der Waals surface area contributed by atoms with Gasteiger partial charge in [0.15, 0.2) is 11.3 Å². The lowest BCUT2D eigenvalue weighted by Crippen LogP contribution is -2.58. The van der Waals surface area contributed by atoms with Crippen molar-refractivity contribution in [1.29, 1.82) is 0 Å². The van der Waals surface area contributed by atoms with E-state index in [0.717, 1.165) is 17.0 Å². The highest BCUT2D eigenvalue weighted by Gasteiger charge is 2.62. The Hall–Kier alpha value is -5.33. The molecule has 2 aliphatic carbocycles. The molecule has 4 amide bonds. The molecule has 3 fully saturated rings. The normalized spacial score (nSPS) is 26.6. The van der Waals surface area contributed by atoms with E-state index in [4.69, 9.17) is 9.15 Å². The van der Waals surface area contributed by atoms with Crippen LogP contribution in [-0.2, 0) is 29.2 Å². The number of hydrogen-bond donors (Lipinski definition) is 3. The molecule has 4 heterocycles. The zero-order valence-corrected chi connectivity index (χ0v) is 30.9. The molecule has 57 heavy (non-hydrogen) atoms. The molecule has 2 aromatic heterocycles. The third-order valence-electron chi connectivity index (χ3n) is 11.0. The Morgan fingerprint density at radius 2 is 1.75 bits per heavy atom. The molecule has 2 saturated carbocycles. The van der Waals surface area contributed by atoms with Crippen molar-refractivity contribution in [2.45, 2.75) is 92.9 Å². The monoisotopic (exact) mass is 817 g/mol. The maximum Gasteiger partial charge on any atom is 0.471 e. The average molecular weight is 818 g/mol.